The Balaban J connectivity index is 3.84. The highest BCUT2D eigenvalue weighted by molar-refractivity contribution is 5.80. The molecule has 0 radical (unpaired) electrons. The third kappa shape index (κ3) is 23.7. The molecule has 5 nitrogen and oxygen atoms in total. The van der Waals surface area contributed by atoms with Gasteiger partial charge in [-0.25, -0.2) is 0 Å². The highest BCUT2D eigenvalue weighted by Gasteiger charge is 2.22. The van der Waals surface area contributed by atoms with Crippen LogP contribution in [-0.4, -0.2) is 46.1 Å². The molecule has 0 rings (SSSR count). The molecule has 3 unspecified atom stereocenters. The van der Waals surface area contributed by atoms with Gasteiger partial charge in [0.15, 0.2) is 0 Å². The van der Waals surface area contributed by atoms with Gasteiger partial charge in [0.25, 0.3) is 0 Å². The monoisotopic (exact) mass is 523 g/mol. The first kappa shape index (κ1) is 35.8. The van der Waals surface area contributed by atoms with Crippen LogP contribution in [0.15, 0.2) is 24.3 Å². The van der Waals surface area contributed by atoms with Crippen molar-refractivity contribution in [3.05, 3.63) is 24.3 Å². The SMILES string of the molecule is CCCCCC/C=C/CC/C=C/C(O)C(CO)NC(=O)C(O)CCCCCCCCCCCCCCC. The van der Waals surface area contributed by atoms with Crippen LogP contribution in [0.3, 0.4) is 0 Å². The van der Waals surface area contributed by atoms with Crippen molar-refractivity contribution in [2.75, 3.05) is 6.61 Å². The third-order valence-corrected chi connectivity index (χ3v) is 7.04. The lowest BCUT2D eigenvalue weighted by molar-refractivity contribution is -0.131. The number of carbonyl (C=O) groups is 1. The van der Waals surface area contributed by atoms with E-state index in [1.807, 2.05) is 6.08 Å². The molecule has 0 aromatic heterocycles. The zero-order valence-corrected chi connectivity index (χ0v) is 24.3. The summed E-state index contributed by atoms with van der Waals surface area (Å²) >= 11 is 0. The van der Waals surface area contributed by atoms with E-state index in [4.69, 9.17) is 0 Å². The molecule has 0 heterocycles. The van der Waals surface area contributed by atoms with E-state index in [0.29, 0.717) is 6.42 Å². The molecule has 0 aliphatic carbocycles. The molecular weight excluding hydrogens is 462 g/mol. The van der Waals surface area contributed by atoms with Gasteiger partial charge in [0, 0.05) is 0 Å². The van der Waals surface area contributed by atoms with E-state index in [0.717, 1.165) is 38.5 Å². The van der Waals surface area contributed by atoms with Crippen molar-refractivity contribution in [2.24, 2.45) is 0 Å². The van der Waals surface area contributed by atoms with Gasteiger partial charge in [0.1, 0.15) is 6.10 Å². The summed E-state index contributed by atoms with van der Waals surface area (Å²) < 4.78 is 0. The lowest BCUT2D eigenvalue weighted by Gasteiger charge is -2.21. The number of hydrogen-bond donors (Lipinski definition) is 4. The number of amides is 1. The number of nitrogens with one attached hydrogen (secondary N) is 1. The predicted octanol–water partition coefficient (Wildman–Crippen LogP) is 7.53. The minimum Gasteiger partial charge on any atom is -0.394 e. The summed E-state index contributed by atoms with van der Waals surface area (Å²) in [5.41, 5.74) is 0. The van der Waals surface area contributed by atoms with Crippen molar-refractivity contribution in [3.63, 3.8) is 0 Å². The van der Waals surface area contributed by atoms with Crippen LogP contribution in [0.4, 0.5) is 0 Å². The molecule has 5 heteroatoms. The standard InChI is InChI=1S/C32H61NO4/c1-3-5-7-9-11-13-15-16-17-19-21-23-25-27-31(36)32(37)33-29(28-34)30(35)26-24-22-20-18-14-12-10-8-6-4-2/h14,18,24,26,29-31,34-36H,3-13,15-17,19-23,25,27-28H2,1-2H3,(H,33,37)/b18-14+,26-24+. The zero-order chi connectivity index (χ0) is 27.4. The van der Waals surface area contributed by atoms with Crippen molar-refractivity contribution in [2.45, 2.75) is 167 Å². The second kappa shape index (κ2) is 27.9. The fourth-order valence-electron chi connectivity index (χ4n) is 4.49. The van der Waals surface area contributed by atoms with E-state index in [2.05, 4.69) is 31.3 Å². The van der Waals surface area contributed by atoms with Crippen LogP contribution in [0.5, 0.6) is 0 Å². The summed E-state index contributed by atoms with van der Waals surface area (Å²) in [5, 5.41) is 32.7. The minimum absolute atomic E-state index is 0.375. The second-order valence-corrected chi connectivity index (χ2v) is 10.7. The van der Waals surface area contributed by atoms with Crippen molar-refractivity contribution >= 4 is 5.91 Å². The van der Waals surface area contributed by atoms with Crippen molar-refractivity contribution in [1.29, 1.82) is 0 Å². The van der Waals surface area contributed by atoms with Crippen LogP contribution >= 0.6 is 0 Å². The highest BCUT2D eigenvalue weighted by Crippen LogP contribution is 2.13. The lowest BCUT2D eigenvalue weighted by atomic mass is 10.0. The molecule has 1 amide bonds. The van der Waals surface area contributed by atoms with Gasteiger partial charge in [-0.2, -0.15) is 0 Å². The Morgan fingerprint density at radius 3 is 1.65 bits per heavy atom. The second-order valence-electron chi connectivity index (χ2n) is 10.7. The Morgan fingerprint density at radius 1 is 0.649 bits per heavy atom. The molecule has 0 aromatic carbocycles. The molecule has 0 bridgehead atoms. The molecule has 0 fully saturated rings. The Labute approximate surface area is 229 Å². The molecule has 0 aliphatic heterocycles. The summed E-state index contributed by atoms with van der Waals surface area (Å²) in [4.78, 5) is 12.3. The van der Waals surface area contributed by atoms with Gasteiger partial charge in [-0.3, -0.25) is 4.79 Å². The molecule has 37 heavy (non-hydrogen) atoms. The van der Waals surface area contributed by atoms with Crippen molar-refractivity contribution in [1.82, 2.24) is 5.32 Å². The van der Waals surface area contributed by atoms with E-state index in [1.54, 1.807) is 6.08 Å². The smallest absolute Gasteiger partial charge is 0.249 e. The minimum atomic E-state index is -1.10. The zero-order valence-electron chi connectivity index (χ0n) is 24.3. The number of hydrogen-bond acceptors (Lipinski definition) is 4. The molecule has 3 atom stereocenters. The largest absolute Gasteiger partial charge is 0.394 e. The summed E-state index contributed by atoms with van der Waals surface area (Å²) in [6, 6.07) is -0.806. The molecule has 0 spiro atoms. The summed E-state index contributed by atoms with van der Waals surface area (Å²) in [6.45, 7) is 4.09. The quantitative estimate of drug-likeness (QED) is 0.0661. The van der Waals surface area contributed by atoms with E-state index in [9.17, 15) is 20.1 Å². The number of rotatable bonds is 27. The van der Waals surface area contributed by atoms with Crippen LogP contribution < -0.4 is 5.32 Å². The van der Waals surface area contributed by atoms with Crippen LogP contribution in [0, 0.1) is 0 Å². The van der Waals surface area contributed by atoms with Crippen LogP contribution in [-0.2, 0) is 4.79 Å². The summed E-state index contributed by atoms with van der Waals surface area (Å²) in [5.74, 6) is -0.517. The fraction of sp³-hybridized carbons (Fsp3) is 0.844. The number of aliphatic hydroxyl groups excluding tert-OH is 3. The number of aliphatic hydroxyl groups is 3. The molecule has 0 saturated carbocycles. The van der Waals surface area contributed by atoms with Gasteiger partial charge in [-0.15, -0.1) is 0 Å². The Bertz CT molecular complexity index is 549. The normalized spacial score (nSPS) is 14.4. The van der Waals surface area contributed by atoms with Crippen LogP contribution in [0.25, 0.3) is 0 Å². The van der Waals surface area contributed by atoms with E-state index in [-0.39, 0.29) is 6.61 Å². The van der Waals surface area contributed by atoms with Gasteiger partial charge in [0.05, 0.1) is 18.8 Å². The van der Waals surface area contributed by atoms with Crippen molar-refractivity contribution < 1.29 is 20.1 Å². The maximum Gasteiger partial charge on any atom is 0.249 e. The summed E-state index contributed by atoms with van der Waals surface area (Å²) in [6.07, 6.45) is 30.4. The number of allylic oxidation sites excluding steroid dienone is 3. The van der Waals surface area contributed by atoms with Crippen LogP contribution in [0.2, 0.25) is 0 Å². The van der Waals surface area contributed by atoms with Crippen LogP contribution in [0.1, 0.15) is 149 Å². The maximum absolute atomic E-state index is 12.3. The average Bonchev–Trinajstić information content (AvgIpc) is 2.90. The molecule has 0 aliphatic rings. The van der Waals surface area contributed by atoms with Gasteiger partial charge in [0.2, 0.25) is 5.91 Å². The van der Waals surface area contributed by atoms with Crippen molar-refractivity contribution in [3.8, 4) is 0 Å². The fourth-order valence-corrected chi connectivity index (χ4v) is 4.49. The van der Waals surface area contributed by atoms with E-state index < -0.39 is 24.2 Å². The Hall–Kier alpha value is -1.17. The van der Waals surface area contributed by atoms with E-state index >= 15 is 0 Å². The Kier molecular flexibility index (Phi) is 27.0. The predicted molar refractivity (Wildman–Crippen MR) is 158 cm³/mol. The first-order chi connectivity index (χ1) is 18.1. The van der Waals surface area contributed by atoms with E-state index in [1.165, 1.54) is 89.9 Å². The molecule has 218 valence electrons. The molecular formula is C32H61NO4. The van der Waals surface area contributed by atoms with Gasteiger partial charge >= 0.3 is 0 Å². The average molecular weight is 524 g/mol. The molecule has 4 N–H and O–H groups in total. The Morgan fingerprint density at radius 2 is 1.11 bits per heavy atom. The summed E-state index contributed by atoms with van der Waals surface area (Å²) in [7, 11) is 0. The first-order valence-electron chi connectivity index (χ1n) is 15.7. The number of carbonyl (C=O) groups excluding carboxylic acids is 1. The maximum atomic E-state index is 12.3. The third-order valence-electron chi connectivity index (χ3n) is 7.04. The molecule has 0 aromatic rings. The van der Waals surface area contributed by atoms with Gasteiger partial charge in [-0.1, -0.05) is 141 Å². The number of unbranched alkanes of at least 4 members (excludes halogenated alkanes) is 17. The molecule has 0 saturated heterocycles. The first-order valence-corrected chi connectivity index (χ1v) is 15.7. The highest BCUT2D eigenvalue weighted by atomic mass is 16.3. The lowest BCUT2D eigenvalue weighted by Crippen LogP contribution is -2.48. The van der Waals surface area contributed by atoms with Gasteiger partial charge < -0.3 is 20.6 Å². The topological polar surface area (TPSA) is 89.8 Å². The van der Waals surface area contributed by atoms with Gasteiger partial charge in [-0.05, 0) is 32.1 Å².